The van der Waals surface area contributed by atoms with Crippen molar-refractivity contribution < 1.29 is 14.3 Å². The largest absolute Gasteiger partial charge is 0.454 e. The van der Waals surface area contributed by atoms with Crippen molar-refractivity contribution in [3.05, 3.63) is 101 Å². The van der Waals surface area contributed by atoms with Crippen molar-refractivity contribution in [2.75, 3.05) is 23.0 Å². The van der Waals surface area contributed by atoms with E-state index in [0.717, 1.165) is 11.3 Å². The molecule has 0 aliphatic carbocycles. The summed E-state index contributed by atoms with van der Waals surface area (Å²) in [6.45, 7) is 1.70. The van der Waals surface area contributed by atoms with E-state index in [1.807, 2.05) is 61.5 Å². The third-order valence-electron chi connectivity index (χ3n) is 5.25. The first-order chi connectivity index (χ1) is 16.9. The number of nitrogens with one attached hydrogen (secondary N) is 1. The topological polar surface area (TPSA) is 123 Å². The van der Waals surface area contributed by atoms with E-state index in [1.54, 1.807) is 31.3 Å². The van der Waals surface area contributed by atoms with Crippen molar-refractivity contribution in [1.29, 1.82) is 0 Å². The van der Waals surface area contributed by atoms with E-state index in [-0.39, 0.29) is 41.4 Å². The second-order valence-corrected chi connectivity index (χ2v) is 7.69. The maximum atomic E-state index is 13.1. The number of aryl methyl sites for hydroxylation is 1. The summed E-state index contributed by atoms with van der Waals surface area (Å²) in [4.78, 5) is 39.9. The number of ether oxygens (including phenoxy) is 1. The van der Waals surface area contributed by atoms with Crippen LogP contribution in [0.25, 0.3) is 0 Å². The number of amides is 1. The molecule has 0 radical (unpaired) electrons. The van der Waals surface area contributed by atoms with Gasteiger partial charge in [-0.25, -0.2) is 4.79 Å². The van der Waals surface area contributed by atoms with Gasteiger partial charge in [-0.3, -0.25) is 4.79 Å². The number of nitrogens with two attached hydrogens (primary N) is 1. The molecule has 0 atom stereocenters. The molecule has 35 heavy (non-hydrogen) atoms. The quantitative estimate of drug-likeness (QED) is 0.388. The molecule has 3 N–H and O–H groups in total. The minimum atomic E-state index is -0.678. The van der Waals surface area contributed by atoms with Gasteiger partial charge in [0.15, 0.2) is 12.4 Å². The number of nitrogens with zero attached hydrogens (tertiary/aromatic N) is 4. The molecular formula is C26H24N6O3. The number of esters is 1. The zero-order valence-corrected chi connectivity index (χ0v) is 19.3. The highest BCUT2D eigenvalue weighted by Gasteiger charge is 2.22. The average molecular weight is 469 g/mol. The minimum Gasteiger partial charge on any atom is -0.454 e. The molecule has 0 aliphatic rings. The van der Waals surface area contributed by atoms with Gasteiger partial charge in [0.1, 0.15) is 0 Å². The second-order valence-electron chi connectivity index (χ2n) is 7.69. The van der Waals surface area contributed by atoms with Crippen LogP contribution in [0.15, 0.2) is 78.9 Å². The minimum absolute atomic E-state index is 0.0119. The first-order valence-electron chi connectivity index (χ1n) is 10.8. The Labute approximate surface area is 202 Å². The highest BCUT2D eigenvalue weighted by atomic mass is 16.5. The van der Waals surface area contributed by atoms with Gasteiger partial charge < -0.3 is 20.7 Å². The summed E-state index contributed by atoms with van der Waals surface area (Å²) in [5, 5.41) is 3.09. The first-order valence-corrected chi connectivity index (χ1v) is 10.8. The van der Waals surface area contributed by atoms with Crippen molar-refractivity contribution >= 4 is 35.1 Å². The molecule has 3 aromatic carbocycles. The number of carbonyl (C=O) groups is 2. The Kier molecular flexibility index (Phi) is 6.96. The molecule has 9 nitrogen and oxygen atoms in total. The highest BCUT2D eigenvalue weighted by Crippen LogP contribution is 2.20. The van der Waals surface area contributed by atoms with Crippen LogP contribution < -0.4 is 16.0 Å². The molecule has 4 rings (SSSR count). The van der Waals surface area contributed by atoms with Gasteiger partial charge in [-0.1, -0.05) is 48.5 Å². The number of aromatic nitrogens is 3. The monoisotopic (exact) mass is 468 g/mol. The summed E-state index contributed by atoms with van der Waals surface area (Å²) in [6.07, 6.45) is 0. The zero-order chi connectivity index (χ0) is 24.8. The second kappa shape index (κ2) is 10.4. The van der Waals surface area contributed by atoms with Crippen LogP contribution in [0, 0.1) is 6.92 Å². The van der Waals surface area contributed by atoms with E-state index in [1.165, 1.54) is 4.90 Å². The number of anilines is 4. The van der Waals surface area contributed by atoms with Gasteiger partial charge in [-0.15, -0.1) is 0 Å². The van der Waals surface area contributed by atoms with Crippen molar-refractivity contribution in [2.24, 2.45) is 0 Å². The predicted octanol–water partition coefficient (Wildman–Crippen LogP) is 4.14. The summed E-state index contributed by atoms with van der Waals surface area (Å²) in [5.74, 6) is -0.618. The lowest BCUT2D eigenvalue weighted by Crippen LogP contribution is -2.28. The Balaban J connectivity index is 1.49. The smallest absolute Gasteiger partial charge is 0.339 e. The molecule has 9 heteroatoms. The lowest BCUT2D eigenvalue weighted by Gasteiger charge is -2.18. The number of hydrogen-bond donors (Lipinski definition) is 2. The number of carbonyl (C=O) groups excluding carboxylic acids is 2. The standard InChI is InChI=1S/C26H24N6O3/c1-17-10-6-9-15-21(17)28-26-30-22(29-25(27)31-26)16-35-24(34)20-14-8-7-13-19(20)23(33)32(2)18-11-4-3-5-12-18/h3-15H,16H2,1-2H3,(H3,27,28,29,30,31). The van der Waals surface area contributed by atoms with Crippen molar-refractivity contribution in [1.82, 2.24) is 15.0 Å². The highest BCUT2D eigenvalue weighted by molar-refractivity contribution is 6.11. The van der Waals surface area contributed by atoms with E-state index in [2.05, 4.69) is 20.3 Å². The maximum Gasteiger partial charge on any atom is 0.339 e. The first kappa shape index (κ1) is 23.4. The Bertz CT molecular complexity index is 1360. The molecule has 0 spiro atoms. The maximum absolute atomic E-state index is 13.1. The fraction of sp³-hybridized carbons (Fsp3) is 0.115. The molecule has 176 valence electrons. The molecule has 1 aromatic heterocycles. The van der Waals surface area contributed by atoms with Gasteiger partial charge in [0.05, 0.1) is 11.1 Å². The Morgan fingerprint density at radius 3 is 2.29 bits per heavy atom. The van der Waals surface area contributed by atoms with Crippen molar-refractivity contribution in [3.63, 3.8) is 0 Å². The fourth-order valence-corrected chi connectivity index (χ4v) is 3.40. The molecule has 0 saturated carbocycles. The number of benzene rings is 3. The Morgan fingerprint density at radius 1 is 0.886 bits per heavy atom. The lowest BCUT2D eigenvalue weighted by atomic mass is 10.1. The molecule has 1 amide bonds. The van der Waals surface area contributed by atoms with Crippen molar-refractivity contribution in [3.8, 4) is 0 Å². The normalized spacial score (nSPS) is 10.5. The molecule has 0 fully saturated rings. The molecule has 4 aromatic rings. The molecule has 1 heterocycles. The number of para-hydroxylation sites is 2. The predicted molar refractivity (Wildman–Crippen MR) is 133 cm³/mol. The summed E-state index contributed by atoms with van der Waals surface area (Å²) < 4.78 is 5.43. The van der Waals surface area contributed by atoms with Crippen LogP contribution in [0.5, 0.6) is 0 Å². The Hall–Kier alpha value is -4.79. The van der Waals surface area contributed by atoms with Gasteiger partial charge in [0, 0.05) is 18.4 Å². The van der Waals surface area contributed by atoms with Crippen LogP contribution in [0.2, 0.25) is 0 Å². The van der Waals surface area contributed by atoms with E-state index in [4.69, 9.17) is 10.5 Å². The SMILES string of the molecule is Cc1ccccc1Nc1nc(N)nc(COC(=O)c2ccccc2C(=O)N(C)c2ccccc2)n1. The molecule has 0 bridgehead atoms. The molecular weight excluding hydrogens is 444 g/mol. The van der Waals surface area contributed by atoms with E-state index < -0.39 is 5.97 Å². The van der Waals surface area contributed by atoms with Gasteiger partial charge in [-0.05, 0) is 42.8 Å². The molecule has 0 unspecified atom stereocenters. The third kappa shape index (κ3) is 5.59. The van der Waals surface area contributed by atoms with Crippen LogP contribution >= 0.6 is 0 Å². The lowest BCUT2D eigenvalue weighted by molar-refractivity contribution is 0.0459. The Morgan fingerprint density at radius 2 is 1.54 bits per heavy atom. The van der Waals surface area contributed by atoms with E-state index >= 15 is 0 Å². The number of rotatable bonds is 7. The van der Waals surface area contributed by atoms with Gasteiger partial charge >= 0.3 is 5.97 Å². The van der Waals surface area contributed by atoms with Crippen LogP contribution in [0.4, 0.5) is 23.3 Å². The van der Waals surface area contributed by atoms with Crippen molar-refractivity contribution in [2.45, 2.75) is 13.5 Å². The van der Waals surface area contributed by atoms with E-state index in [9.17, 15) is 9.59 Å². The van der Waals surface area contributed by atoms with Crippen LogP contribution in [0.1, 0.15) is 32.1 Å². The number of hydrogen-bond acceptors (Lipinski definition) is 8. The average Bonchev–Trinajstić information content (AvgIpc) is 2.88. The van der Waals surface area contributed by atoms with Gasteiger partial charge in [0.25, 0.3) is 5.91 Å². The van der Waals surface area contributed by atoms with Crippen LogP contribution in [-0.2, 0) is 11.3 Å². The number of nitrogen functional groups attached to an aromatic ring is 1. The van der Waals surface area contributed by atoms with Crippen LogP contribution in [-0.4, -0.2) is 33.9 Å². The van der Waals surface area contributed by atoms with Crippen LogP contribution in [0.3, 0.4) is 0 Å². The van der Waals surface area contributed by atoms with Gasteiger partial charge in [0.2, 0.25) is 11.9 Å². The third-order valence-corrected chi connectivity index (χ3v) is 5.25. The fourth-order valence-electron chi connectivity index (χ4n) is 3.40. The molecule has 0 aliphatic heterocycles. The molecule has 0 saturated heterocycles. The summed E-state index contributed by atoms with van der Waals surface area (Å²) >= 11 is 0. The summed E-state index contributed by atoms with van der Waals surface area (Å²) in [6, 6.07) is 23.3. The summed E-state index contributed by atoms with van der Waals surface area (Å²) in [5.41, 5.74) is 8.71. The summed E-state index contributed by atoms with van der Waals surface area (Å²) in [7, 11) is 1.65. The van der Waals surface area contributed by atoms with E-state index in [0.29, 0.717) is 5.69 Å². The zero-order valence-electron chi connectivity index (χ0n) is 19.3. The van der Waals surface area contributed by atoms with Gasteiger partial charge in [-0.2, -0.15) is 15.0 Å².